The molecule has 1 unspecified atom stereocenters. The normalized spacial score (nSPS) is 19.3. The molecule has 1 amide bonds. The number of rotatable bonds is 5. The zero-order chi connectivity index (χ0) is 13.0. The molecule has 3 nitrogen and oxygen atoms in total. The van der Waals surface area contributed by atoms with Crippen LogP contribution < -0.4 is 9.64 Å². The van der Waals surface area contributed by atoms with Gasteiger partial charge in [-0.05, 0) is 18.1 Å². The van der Waals surface area contributed by atoms with Crippen LogP contribution in [0.1, 0.15) is 6.42 Å². The number of carbonyl (C=O) groups is 1. The number of carbonyl (C=O) groups excluding carboxylic acids is 1. The lowest BCUT2D eigenvalue weighted by Gasteiger charge is -2.20. The molecule has 0 aromatic heterocycles. The van der Waals surface area contributed by atoms with Crippen molar-refractivity contribution in [3.8, 4) is 5.75 Å². The van der Waals surface area contributed by atoms with E-state index < -0.39 is 6.67 Å². The number of benzene rings is 1. The lowest BCUT2D eigenvalue weighted by molar-refractivity contribution is -0.117. The monoisotopic (exact) mass is 315 g/mol. The van der Waals surface area contributed by atoms with Gasteiger partial charge in [0.2, 0.25) is 5.91 Å². The molecule has 0 radical (unpaired) electrons. The summed E-state index contributed by atoms with van der Waals surface area (Å²) < 4.78 is 17.5. The zero-order valence-corrected chi connectivity index (χ0v) is 11.5. The van der Waals surface area contributed by atoms with Crippen LogP contribution in [0.5, 0.6) is 5.75 Å². The van der Waals surface area contributed by atoms with Crippen molar-refractivity contribution in [1.29, 1.82) is 0 Å². The Kier molecular flexibility index (Phi) is 4.58. The SMILES string of the molecule is O=C1CC(CBr)CN1c1ccccc1OCCF. The zero-order valence-electron chi connectivity index (χ0n) is 9.94. The van der Waals surface area contributed by atoms with Gasteiger partial charge in [0.1, 0.15) is 19.0 Å². The van der Waals surface area contributed by atoms with E-state index in [4.69, 9.17) is 4.74 Å². The molecule has 1 aliphatic heterocycles. The molecule has 2 rings (SSSR count). The Hall–Kier alpha value is -1.10. The first-order valence-corrected chi connectivity index (χ1v) is 7.02. The molecule has 18 heavy (non-hydrogen) atoms. The van der Waals surface area contributed by atoms with E-state index in [9.17, 15) is 9.18 Å². The molecule has 0 bridgehead atoms. The standard InChI is InChI=1S/C13H15BrFNO2/c14-8-10-7-13(17)16(9-10)11-3-1-2-4-12(11)18-6-5-15/h1-4,10H,5-9H2. The van der Waals surface area contributed by atoms with Crippen LogP contribution in [0.25, 0.3) is 0 Å². The number of amides is 1. The van der Waals surface area contributed by atoms with Crippen molar-refractivity contribution < 1.29 is 13.9 Å². The van der Waals surface area contributed by atoms with Crippen LogP contribution in [0.15, 0.2) is 24.3 Å². The Balaban J connectivity index is 2.19. The van der Waals surface area contributed by atoms with Gasteiger partial charge in [-0.25, -0.2) is 4.39 Å². The molecule has 1 aromatic rings. The number of hydrogen-bond acceptors (Lipinski definition) is 2. The first kappa shape index (κ1) is 13.3. The molecule has 0 saturated carbocycles. The van der Waals surface area contributed by atoms with Gasteiger partial charge < -0.3 is 9.64 Å². The van der Waals surface area contributed by atoms with Crippen molar-refractivity contribution in [2.24, 2.45) is 5.92 Å². The molecule has 1 saturated heterocycles. The van der Waals surface area contributed by atoms with Crippen LogP contribution >= 0.6 is 15.9 Å². The fraction of sp³-hybridized carbons (Fsp3) is 0.462. The van der Waals surface area contributed by atoms with Crippen LogP contribution in [0.4, 0.5) is 10.1 Å². The van der Waals surface area contributed by atoms with E-state index in [1.54, 1.807) is 11.0 Å². The maximum absolute atomic E-state index is 12.2. The third-order valence-corrected chi connectivity index (χ3v) is 3.83. The smallest absolute Gasteiger partial charge is 0.227 e. The van der Waals surface area contributed by atoms with Gasteiger partial charge in [-0.3, -0.25) is 4.79 Å². The molecule has 0 N–H and O–H groups in total. The largest absolute Gasteiger partial charge is 0.489 e. The minimum Gasteiger partial charge on any atom is -0.489 e. The Bertz CT molecular complexity index is 427. The van der Waals surface area contributed by atoms with Gasteiger partial charge >= 0.3 is 0 Å². The van der Waals surface area contributed by atoms with Crippen LogP contribution in [0, 0.1) is 5.92 Å². The van der Waals surface area contributed by atoms with E-state index in [0.29, 0.717) is 24.6 Å². The molecule has 1 aromatic carbocycles. The number of nitrogens with zero attached hydrogens (tertiary/aromatic N) is 1. The number of para-hydroxylation sites is 2. The van der Waals surface area contributed by atoms with Crippen LogP contribution in [0.3, 0.4) is 0 Å². The van der Waals surface area contributed by atoms with Gasteiger partial charge in [-0.1, -0.05) is 28.1 Å². The summed E-state index contributed by atoms with van der Waals surface area (Å²) in [4.78, 5) is 13.7. The van der Waals surface area contributed by atoms with Crippen LogP contribution in [-0.4, -0.2) is 31.1 Å². The van der Waals surface area contributed by atoms with Gasteiger partial charge in [0.15, 0.2) is 0 Å². The second-order valence-corrected chi connectivity index (χ2v) is 4.88. The van der Waals surface area contributed by atoms with Crippen molar-refractivity contribution in [2.45, 2.75) is 6.42 Å². The molecule has 1 atom stereocenters. The topological polar surface area (TPSA) is 29.5 Å². The van der Waals surface area contributed by atoms with E-state index in [-0.39, 0.29) is 12.5 Å². The summed E-state index contributed by atoms with van der Waals surface area (Å²) in [6.45, 7) is 0.160. The Labute approximate surface area is 114 Å². The Morgan fingerprint density at radius 2 is 2.22 bits per heavy atom. The quantitative estimate of drug-likeness (QED) is 0.782. The highest BCUT2D eigenvalue weighted by Gasteiger charge is 2.31. The van der Waals surface area contributed by atoms with Crippen molar-refractivity contribution in [3.05, 3.63) is 24.3 Å². The van der Waals surface area contributed by atoms with Crippen molar-refractivity contribution >= 4 is 27.5 Å². The summed E-state index contributed by atoms with van der Waals surface area (Å²) in [5, 5.41) is 0.808. The van der Waals surface area contributed by atoms with E-state index in [0.717, 1.165) is 11.0 Å². The number of ether oxygens (including phenoxy) is 1. The lowest BCUT2D eigenvalue weighted by atomic mass is 10.2. The maximum Gasteiger partial charge on any atom is 0.227 e. The third-order valence-electron chi connectivity index (χ3n) is 2.91. The molecule has 1 heterocycles. The van der Waals surface area contributed by atoms with E-state index in [2.05, 4.69) is 15.9 Å². The first-order valence-electron chi connectivity index (χ1n) is 5.90. The lowest BCUT2D eigenvalue weighted by Crippen LogP contribution is -2.25. The Morgan fingerprint density at radius 3 is 2.89 bits per heavy atom. The molecule has 5 heteroatoms. The highest BCUT2D eigenvalue weighted by molar-refractivity contribution is 9.09. The highest BCUT2D eigenvalue weighted by atomic mass is 79.9. The molecule has 1 fully saturated rings. The minimum atomic E-state index is -0.535. The average molecular weight is 316 g/mol. The van der Waals surface area contributed by atoms with Gasteiger partial charge in [0, 0.05) is 18.3 Å². The minimum absolute atomic E-state index is 0.0148. The molecule has 98 valence electrons. The fourth-order valence-corrected chi connectivity index (χ4v) is 2.50. The number of alkyl halides is 2. The second kappa shape index (κ2) is 6.18. The maximum atomic E-state index is 12.2. The van der Waals surface area contributed by atoms with Gasteiger partial charge in [0.05, 0.1) is 5.69 Å². The van der Waals surface area contributed by atoms with E-state index in [1.165, 1.54) is 0 Å². The van der Waals surface area contributed by atoms with E-state index in [1.807, 2.05) is 18.2 Å². The van der Waals surface area contributed by atoms with Crippen molar-refractivity contribution in [2.75, 3.05) is 30.1 Å². The second-order valence-electron chi connectivity index (χ2n) is 4.23. The fourth-order valence-electron chi connectivity index (χ4n) is 2.07. The first-order chi connectivity index (χ1) is 8.76. The molecule has 0 spiro atoms. The molecular weight excluding hydrogens is 301 g/mol. The summed E-state index contributed by atoms with van der Waals surface area (Å²) in [7, 11) is 0. The van der Waals surface area contributed by atoms with Gasteiger partial charge in [-0.15, -0.1) is 0 Å². The summed E-state index contributed by atoms with van der Waals surface area (Å²) in [5.41, 5.74) is 0.736. The predicted molar refractivity (Wildman–Crippen MR) is 72.2 cm³/mol. The number of anilines is 1. The van der Waals surface area contributed by atoms with E-state index >= 15 is 0 Å². The van der Waals surface area contributed by atoms with Crippen molar-refractivity contribution in [1.82, 2.24) is 0 Å². The predicted octanol–water partition coefficient (Wildman–Crippen LogP) is 2.78. The van der Waals surface area contributed by atoms with Gasteiger partial charge in [0.25, 0.3) is 0 Å². The average Bonchev–Trinajstić information content (AvgIpc) is 2.78. The van der Waals surface area contributed by atoms with Crippen LogP contribution in [-0.2, 0) is 4.79 Å². The number of hydrogen-bond donors (Lipinski definition) is 0. The summed E-state index contributed by atoms with van der Waals surface area (Å²) in [5.74, 6) is 0.987. The highest BCUT2D eigenvalue weighted by Crippen LogP contribution is 2.33. The van der Waals surface area contributed by atoms with Gasteiger partial charge in [-0.2, -0.15) is 0 Å². The van der Waals surface area contributed by atoms with Crippen LogP contribution in [0.2, 0.25) is 0 Å². The summed E-state index contributed by atoms with van der Waals surface area (Å²) >= 11 is 3.40. The van der Waals surface area contributed by atoms with Crippen molar-refractivity contribution in [3.63, 3.8) is 0 Å². The Morgan fingerprint density at radius 1 is 1.44 bits per heavy atom. The summed E-state index contributed by atoms with van der Waals surface area (Å²) in [6.07, 6.45) is 0.544. The molecule has 0 aliphatic carbocycles. The molecular formula is C13H15BrFNO2. The molecule has 1 aliphatic rings. The third kappa shape index (κ3) is 2.83. The summed E-state index contributed by atoms with van der Waals surface area (Å²) in [6, 6.07) is 7.27. The number of halogens is 2.